The van der Waals surface area contributed by atoms with Gasteiger partial charge in [0.15, 0.2) is 11.5 Å². The van der Waals surface area contributed by atoms with Gasteiger partial charge in [0, 0.05) is 7.05 Å². The van der Waals surface area contributed by atoms with Crippen molar-refractivity contribution in [1.82, 2.24) is 4.90 Å². The third-order valence-electron chi connectivity index (χ3n) is 3.42. The number of carbonyl (C=O) groups is 1. The Morgan fingerprint density at radius 2 is 2.09 bits per heavy atom. The van der Waals surface area contributed by atoms with Gasteiger partial charge in [0.05, 0.1) is 18.6 Å². The SMILES string of the molecule is COc1cc(C=C2SC(=S)N(C)C2=O)ccc1OCCC(C)C. The lowest BCUT2D eigenvalue weighted by molar-refractivity contribution is -0.121. The maximum atomic E-state index is 12.0. The van der Waals surface area contributed by atoms with Gasteiger partial charge in [-0.1, -0.05) is 43.9 Å². The van der Waals surface area contributed by atoms with Crippen LogP contribution < -0.4 is 9.47 Å². The van der Waals surface area contributed by atoms with Gasteiger partial charge in [-0.2, -0.15) is 0 Å². The molecule has 124 valence electrons. The molecule has 1 fully saturated rings. The summed E-state index contributed by atoms with van der Waals surface area (Å²) in [5.74, 6) is 1.90. The lowest BCUT2D eigenvalue weighted by Crippen LogP contribution is -2.22. The van der Waals surface area contributed by atoms with E-state index in [4.69, 9.17) is 21.7 Å². The lowest BCUT2D eigenvalue weighted by Gasteiger charge is -2.12. The zero-order chi connectivity index (χ0) is 17.0. The molecule has 1 aromatic carbocycles. The summed E-state index contributed by atoms with van der Waals surface area (Å²) in [5.41, 5.74) is 0.881. The molecule has 0 N–H and O–H groups in total. The van der Waals surface area contributed by atoms with Gasteiger partial charge < -0.3 is 9.47 Å². The van der Waals surface area contributed by atoms with E-state index in [2.05, 4.69) is 13.8 Å². The van der Waals surface area contributed by atoms with Crippen LogP contribution >= 0.6 is 24.0 Å². The van der Waals surface area contributed by atoms with E-state index >= 15 is 0 Å². The average Bonchev–Trinajstić information content (AvgIpc) is 2.75. The standard InChI is InChI=1S/C17H21NO3S2/c1-11(2)7-8-21-13-6-5-12(9-14(13)20-4)10-15-16(19)18(3)17(22)23-15/h5-6,9-11H,7-8H2,1-4H3. The predicted octanol–water partition coefficient (Wildman–Crippen LogP) is 3.95. The molecule has 0 atom stereocenters. The fourth-order valence-electron chi connectivity index (χ4n) is 1.99. The zero-order valence-electron chi connectivity index (χ0n) is 13.8. The molecule has 6 heteroatoms. The Morgan fingerprint density at radius 1 is 1.35 bits per heavy atom. The third kappa shape index (κ3) is 4.48. The number of hydrogen-bond donors (Lipinski definition) is 0. The largest absolute Gasteiger partial charge is 0.493 e. The third-order valence-corrected chi connectivity index (χ3v) is 4.91. The summed E-state index contributed by atoms with van der Waals surface area (Å²) in [4.78, 5) is 14.1. The smallest absolute Gasteiger partial charge is 0.265 e. The van der Waals surface area contributed by atoms with Crippen molar-refractivity contribution < 1.29 is 14.3 Å². The number of methoxy groups -OCH3 is 1. The monoisotopic (exact) mass is 351 g/mol. The Bertz CT molecular complexity index is 641. The van der Waals surface area contributed by atoms with E-state index < -0.39 is 0 Å². The van der Waals surface area contributed by atoms with Crippen molar-refractivity contribution in [3.05, 3.63) is 28.7 Å². The molecular weight excluding hydrogens is 330 g/mol. The van der Waals surface area contributed by atoms with Crippen molar-refractivity contribution in [2.75, 3.05) is 20.8 Å². The van der Waals surface area contributed by atoms with Crippen molar-refractivity contribution >= 4 is 40.3 Å². The average molecular weight is 351 g/mol. The Labute approximate surface area is 146 Å². The first-order chi connectivity index (χ1) is 10.9. The second kappa shape index (κ2) is 7.84. The first-order valence-electron chi connectivity index (χ1n) is 7.44. The Balaban J connectivity index is 2.16. The van der Waals surface area contributed by atoms with Crippen LogP contribution in [0.3, 0.4) is 0 Å². The molecule has 1 heterocycles. The highest BCUT2D eigenvalue weighted by molar-refractivity contribution is 8.26. The van der Waals surface area contributed by atoms with Gasteiger partial charge in [0.25, 0.3) is 5.91 Å². The predicted molar refractivity (Wildman–Crippen MR) is 98.9 cm³/mol. The number of thiocarbonyl (C=S) groups is 1. The highest BCUT2D eigenvalue weighted by Gasteiger charge is 2.28. The molecule has 0 aliphatic carbocycles. The van der Waals surface area contributed by atoms with Crippen LogP contribution in [0, 0.1) is 5.92 Å². The number of rotatable bonds is 6. The van der Waals surface area contributed by atoms with Gasteiger partial charge in [-0.15, -0.1) is 0 Å². The lowest BCUT2D eigenvalue weighted by atomic mass is 10.1. The first-order valence-corrected chi connectivity index (χ1v) is 8.67. The van der Waals surface area contributed by atoms with Crippen LogP contribution in [0.2, 0.25) is 0 Å². The van der Waals surface area contributed by atoms with Crippen LogP contribution in [-0.2, 0) is 4.79 Å². The molecule has 0 bridgehead atoms. The fraction of sp³-hybridized carbons (Fsp3) is 0.412. The summed E-state index contributed by atoms with van der Waals surface area (Å²) in [6.45, 7) is 4.98. The van der Waals surface area contributed by atoms with Crippen molar-refractivity contribution in [1.29, 1.82) is 0 Å². The molecule has 23 heavy (non-hydrogen) atoms. The number of carbonyl (C=O) groups excluding carboxylic acids is 1. The van der Waals surface area contributed by atoms with Crippen LogP contribution in [0.1, 0.15) is 25.8 Å². The van der Waals surface area contributed by atoms with Gasteiger partial charge in [-0.05, 0) is 36.1 Å². The maximum absolute atomic E-state index is 12.0. The van der Waals surface area contributed by atoms with Crippen molar-refractivity contribution in [2.24, 2.45) is 5.92 Å². The van der Waals surface area contributed by atoms with Gasteiger partial charge in [-0.25, -0.2) is 0 Å². The summed E-state index contributed by atoms with van der Waals surface area (Å²) in [7, 11) is 3.30. The molecular formula is C17H21NO3S2. The van der Waals surface area contributed by atoms with E-state index in [-0.39, 0.29) is 5.91 Å². The number of hydrogen-bond acceptors (Lipinski definition) is 5. The van der Waals surface area contributed by atoms with E-state index in [1.54, 1.807) is 14.2 Å². The second-order valence-electron chi connectivity index (χ2n) is 5.68. The number of thioether (sulfide) groups is 1. The van der Waals surface area contributed by atoms with Crippen LogP contribution in [0.5, 0.6) is 11.5 Å². The normalized spacial score (nSPS) is 16.6. The number of likely N-dealkylation sites (N-methyl/N-ethyl adjacent to an activating group) is 1. The number of nitrogens with zero attached hydrogens (tertiary/aromatic N) is 1. The molecule has 1 aliphatic heterocycles. The zero-order valence-corrected chi connectivity index (χ0v) is 15.4. The highest BCUT2D eigenvalue weighted by atomic mass is 32.2. The van der Waals surface area contributed by atoms with Gasteiger partial charge in [0.2, 0.25) is 0 Å². The fourth-order valence-corrected chi connectivity index (χ4v) is 3.17. The minimum Gasteiger partial charge on any atom is -0.493 e. The van der Waals surface area contributed by atoms with Crippen LogP contribution in [-0.4, -0.2) is 35.9 Å². The summed E-state index contributed by atoms with van der Waals surface area (Å²) >= 11 is 6.44. The minimum atomic E-state index is -0.0729. The molecule has 4 nitrogen and oxygen atoms in total. The van der Waals surface area contributed by atoms with E-state index in [0.29, 0.717) is 33.2 Å². The molecule has 0 aromatic heterocycles. The molecule has 0 saturated carbocycles. The Kier molecular flexibility index (Phi) is 6.07. The van der Waals surface area contributed by atoms with Crippen molar-refractivity contribution in [3.63, 3.8) is 0 Å². The summed E-state index contributed by atoms with van der Waals surface area (Å²) < 4.78 is 11.7. The van der Waals surface area contributed by atoms with E-state index in [9.17, 15) is 4.79 Å². The van der Waals surface area contributed by atoms with Crippen LogP contribution in [0.4, 0.5) is 0 Å². The Hall–Kier alpha value is -1.53. The topological polar surface area (TPSA) is 38.8 Å². The van der Waals surface area contributed by atoms with Gasteiger partial charge in [0.1, 0.15) is 4.32 Å². The van der Waals surface area contributed by atoms with Crippen LogP contribution in [0.15, 0.2) is 23.1 Å². The minimum absolute atomic E-state index is 0.0729. The molecule has 0 spiro atoms. The quantitative estimate of drug-likeness (QED) is 0.573. The van der Waals surface area contributed by atoms with Gasteiger partial charge in [-0.3, -0.25) is 9.69 Å². The molecule has 1 saturated heterocycles. The summed E-state index contributed by atoms with van der Waals surface area (Å²) in [6, 6.07) is 5.65. The molecule has 0 unspecified atom stereocenters. The number of benzene rings is 1. The van der Waals surface area contributed by atoms with Crippen molar-refractivity contribution in [2.45, 2.75) is 20.3 Å². The van der Waals surface area contributed by atoms with Crippen LogP contribution in [0.25, 0.3) is 6.08 Å². The first kappa shape index (κ1) is 17.8. The van der Waals surface area contributed by atoms with Gasteiger partial charge >= 0.3 is 0 Å². The number of ether oxygens (including phenoxy) is 2. The number of amides is 1. The maximum Gasteiger partial charge on any atom is 0.265 e. The molecule has 1 aromatic rings. The molecule has 1 amide bonds. The second-order valence-corrected chi connectivity index (χ2v) is 7.36. The van der Waals surface area contributed by atoms with E-state index in [0.717, 1.165) is 12.0 Å². The van der Waals surface area contributed by atoms with E-state index in [1.165, 1.54) is 16.7 Å². The molecule has 0 radical (unpaired) electrons. The highest BCUT2D eigenvalue weighted by Crippen LogP contribution is 2.34. The summed E-state index contributed by atoms with van der Waals surface area (Å²) in [5, 5.41) is 0. The van der Waals surface area contributed by atoms with E-state index in [1.807, 2.05) is 24.3 Å². The Morgan fingerprint density at radius 3 is 2.65 bits per heavy atom. The molecule has 1 aliphatic rings. The van der Waals surface area contributed by atoms with Crippen molar-refractivity contribution in [3.8, 4) is 11.5 Å². The summed E-state index contributed by atoms with van der Waals surface area (Å²) in [6.07, 6.45) is 2.81. The molecule has 2 rings (SSSR count).